The van der Waals surface area contributed by atoms with Crippen molar-refractivity contribution in [1.82, 2.24) is 4.90 Å². The molecule has 0 aliphatic carbocycles. The fraction of sp³-hybridized carbons (Fsp3) is 0.538. The van der Waals surface area contributed by atoms with Crippen LogP contribution in [0.4, 0.5) is 4.39 Å². The molecule has 0 spiro atoms. The van der Waals surface area contributed by atoms with E-state index in [0.29, 0.717) is 18.7 Å². The molecular weight excluding hydrogens is 205 g/mol. The molecule has 0 aromatic heterocycles. The highest BCUT2D eigenvalue weighted by Crippen LogP contribution is 2.22. The van der Waals surface area contributed by atoms with Crippen LogP contribution >= 0.6 is 0 Å². The number of rotatable bonds is 2. The van der Waals surface area contributed by atoms with Crippen molar-refractivity contribution in [3.63, 3.8) is 0 Å². The molecule has 1 fully saturated rings. The minimum absolute atomic E-state index is 0.160. The normalized spacial score (nSPS) is 26.9. The van der Waals surface area contributed by atoms with Crippen LogP contribution in [0.3, 0.4) is 0 Å². The van der Waals surface area contributed by atoms with Crippen molar-refractivity contribution in [2.24, 2.45) is 0 Å². The van der Waals surface area contributed by atoms with Gasteiger partial charge in [-0.2, -0.15) is 0 Å². The fourth-order valence-corrected chi connectivity index (χ4v) is 2.33. The van der Waals surface area contributed by atoms with Crippen LogP contribution in [0, 0.1) is 5.82 Å². The summed E-state index contributed by atoms with van der Waals surface area (Å²) < 4.78 is 13.4. The molecule has 88 valence electrons. The zero-order chi connectivity index (χ0) is 11.6. The summed E-state index contributed by atoms with van der Waals surface area (Å²) in [5, 5.41) is 9.96. The third-order valence-electron chi connectivity index (χ3n) is 3.11. The first-order valence-electron chi connectivity index (χ1n) is 5.75. The Morgan fingerprint density at radius 1 is 1.44 bits per heavy atom. The van der Waals surface area contributed by atoms with Crippen LogP contribution in [0.5, 0.6) is 0 Å². The van der Waals surface area contributed by atoms with Gasteiger partial charge in [0.05, 0.1) is 5.60 Å². The summed E-state index contributed by atoms with van der Waals surface area (Å²) in [6, 6.07) is 6.84. The van der Waals surface area contributed by atoms with E-state index >= 15 is 0 Å². The van der Waals surface area contributed by atoms with Gasteiger partial charge in [-0.3, -0.25) is 4.90 Å². The molecule has 1 aliphatic rings. The van der Waals surface area contributed by atoms with Crippen LogP contribution in [-0.4, -0.2) is 28.7 Å². The molecule has 0 saturated carbocycles. The molecule has 1 aromatic carbocycles. The lowest BCUT2D eigenvalue weighted by molar-refractivity contribution is -0.0184. The average molecular weight is 223 g/mol. The van der Waals surface area contributed by atoms with Gasteiger partial charge in [-0.05, 0) is 32.4 Å². The van der Waals surface area contributed by atoms with Gasteiger partial charge in [0.15, 0.2) is 0 Å². The Hall–Kier alpha value is -0.930. The second-order valence-corrected chi connectivity index (χ2v) is 4.90. The number of piperidine rings is 1. The van der Waals surface area contributed by atoms with Gasteiger partial charge in [0.25, 0.3) is 0 Å². The zero-order valence-electron chi connectivity index (χ0n) is 9.62. The number of β-amino-alcohol motifs (C(OH)–C–C–N with tert-alkyl or cyclic N) is 1. The van der Waals surface area contributed by atoms with E-state index < -0.39 is 5.60 Å². The highest BCUT2D eigenvalue weighted by atomic mass is 19.1. The van der Waals surface area contributed by atoms with Gasteiger partial charge in [0.1, 0.15) is 5.82 Å². The van der Waals surface area contributed by atoms with Gasteiger partial charge in [0.2, 0.25) is 0 Å². The van der Waals surface area contributed by atoms with Crippen LogP contribution in [-0.2, 0) is 6.54 Å². The maximum absolute atomic E-state index is 13.4. The summed E-state index contributed by atoms with van der Waals surface area (Å²) in [5.74, 6) is -0.160. The van der Waals surface area contributed by atoms with E-state index in [1.54, 1.807) is 12.1 Å². The van der Waals surface area contributed by atoms with Crippen molar-refractivity contribution in [2.45, 2.75) is 31.9 Å². The summed E-state index contributed by atoms with van der Waals surface area (Å²) in [7, 11) is 0. The molecule has 2 nitrogen and oxygen atoms in total. The van der Waals surface area contributed by atoms with Crippen LogP contribution in [0.1, 0.15) is 25.3 Å². The van der Waals surface area contributed by atoms with Gasteiger partial charge < -0.3 is 5.11 Å². The lowest BCUT2D eigenvalue weighted by Crippen LogP contribution is -2.45. The molecule has 0 radical (unpaired) electrons. The number of halogens is 1. The van der Waals surface area contributed by atoms with Crippen LogP contribution in [0.15, 0.2) is 24.3 Å². The van der Waals surface area contributed by atoms with E-state index in [1.807, 2.05) is 13.0 Å². The smallest absolute Gasteiger partial charge is 0.127 e. The Labute approximate surface area is 95.7 Å². The van der Waals surface area contributed by atoms with E-state index in [0.717, 1.165) is 19.4 Å². The second-order valence-electron chi connectivity index (χ2n) is 4.90. The van der Waals surface area contributed by atoms with Gasteiger partial charge in [0, 0.05) is 18.7 Å². The number of hydrogen-bond donors (Lipinski definition) is 1. The second kappa shape index (κ2) is 4.52. The number of aliphatic hydroxyl groups is 1. The molecule has 1 aliphatic heterocycles. The maximum Gasteiger partial charge on any atom is 0.127 e. The molecule has 0 bridgehead atoms. The van der Waals surface area contributed by atoms with Crippen LogP contribution in [0.25, 0.3) is 0 Å². The third-order valence-corrected chi connectivity index (χ3v) is 3.11. The van der Waals surface area contributed by atoms with E-state index in [2.05, 4.69) is 4.90 Å². The Morgan fingerprint density at radius 3 is 2.88 bits per heavy atom. The van der Waals surface area contributed by atoms with E-state index in [9.17, 15) is 9.50 Å². The predicted molar refractivity (Wildman–Crippen MR) is 61.5 cm³/mol. The first-order chi connectivity index (χ1) is 7.57. The Balaban J connectivity index is 2.02. The van der Waals surface area contributed by atoms with Crippen molar-refractivity contribution in [3.05, 3.63) is 35.6 Å². The lowest BCUT2D eigenvalue weighted by Gasteiger charge is -2.36. The van der Waals surface area contributed by atoms with E-state index in [4.69, 9.17) is 0 Å². The molecule has 3 heteroatoms. The standard InChI is InChI=1S/C13H18FNO/c1-13(16)7-4-8-15(10-13)9-11-5-2-3-6-12(11)14/h2-3,5-6,16H,4,7-10H2,1H3. The molecule has 1 atom stereocenters. The molecule has 1 N–H and O–H groups in total. The van der Waals surface area contributed by atoms with Crippen molar-refractivity contribution in [3.8, 4) is 0 Å². The topological polar surface area (TPSA) is 23.5 Å². The summed E-state index contributed by atoms with van der Waals surface area (Å²) in [6.07, 6.45) is 1.81. The lowest BCUT2D eigenvalue weighted by atomic mass is 9.95. The van der Waals surface area contributed by atoms with Crippen molar-refractivity contribution < 1.29 is 9.50 Å². The quantitative estimate of drug-likeness (QED) is 0.830. The molecule has 1 aromatic rings. The molecule has 2 rings (SSSR count). The van der Waals surface area contributed by atoms with Crippen molar-refractivity contribution in [2.75, 3.05) is 13.1 Å². The van der Waals surface area contributed by atoms with E-state index in [1.165, 1.54) is 6.07 Å². The zero-order valence-corrected chi connectivity index (χ0v) is 9.62. The first-order valence-corrected chi connectivity index (χ1v) is 5.75. The molecule has 1 heterocycles. The Kier molecular flexibility index (Phi) is 3.26. The van der Waals surface area contributed by atoms with Crippen molar-refractivity contribution in [1.29, 1.82) is 0 Å². The minimum Gasteiger partial charge on any atom is -0.389 e. The monoisotopic (exact) mass is 223 g/mol. The van der Waals surface area contributed by atoms with Crippen LogP contribution in [0.2, 0.25) is 0 Å². The Morgan fingerprint density at radius 2 is 2.19 bits per heavy atom. The number of benzene rings is 1. The SMILES string of the molecule is CC1(O)CCCN(Cc2ccccc2F)C1. The summed E-state index contributed by atoms with van der Waals surface area (Å²) in [4.78, 5) is 2.11. The maximum atomic E-state index is 13.4. The highest BCUT2D eigenvalue weighted by Gasteiger charge is 2.28. The number of likely N-dealkylation sites (tertiary alicyclic amines) is 1. The minimum atomic E-state index is -0.622. The summed E-state index contributed by atoms with van der Waals surface area (Å²) >= 11 is 0. The fourth-order valence-electron chi connectivity index (χ4n) is 2.33. The van der Waals surface area contributed by atoms with Crippen LogP contribution < -0.4 is 0 Å². The highest BCUT2D eigenvalue weighted by molar-refractivity contribution is 5.17. The molecule has 1 unspecified atom stereocenters. The summed E-state index contributed by atoms with van der Waals surface area (Å²) in [5.41, 5.74) is 0.0870. The third kappa shape index (κ3) is 2.80. The predicted octanol–water partition coefficient (Wildman–Crippen LogP) is 2.17. The molecule has 16 heavy (non-hydrogen) atoms. The average Bonchev–Trinajstić information content (AvgIpc) is 2.20. The summed E-state index contributed by atoms with van der Waals surface area (Å²) in [6.45, 7) is 4.00. The number of nitrogens with zero attached hydrogens (tertiary/aromatic N) is 1. The van der Waals surface area contributed by atoms with Gasteiger partial charge >= 0.3 is 0 Å². The largest absolute Gasteiger partial charge is 0.389 e. The van der Waals surface area contributed by atoms with Gasteiger partial charge in [-0.15, -0.1) is 0 Å². The molecular formula is C13H18FNO. The first kappa shape index (κ1) is 11.6. The number of hydrogen-bond acceptors (Lipinski definition) is 2. The van der Waals surface area contributed by atoms with Gasteiger partial charge in [-0.25, -0.2) is 4.39 Å². The van der Waals surface area contributed by atoms with E-state index in [-0.39, 0.29) is 5.82 Å². The Bertz CT molecular complexity index is 365. The van der Waals surface area contributed by atoms with Gasteiger partial charge in [-0.1, -0.05) is 18.2 Å². The molecule has 0 amide bonds. The van der Waals surface area contributed by atoms with Crippen molar-refractivity contribution >= 4 is 0 Å². The molecule has 1 saturated heterocycles.